The second kappa shape index (κ2) is 8.08. The molecule has 0 bridgehead atoms. The lowest BCUT2D eigenvalue weighted by atomic mass is 9.99. The number of methoxy groups -OCH3 is 1. The number of rotatable bonds is 6. The molecule has 6 nitrogen and oxygen atoms in total. The SMILES string of the molecule is CCCNC(=O)CC(=O)N1CCn2cccc2C1c1cccc(OC)c1. The van der Waals surface area contributed by atoms with Crippen LogP contribution in [0.5, 0.6) is 5.75 Å². The molecule has 26 heavy (non-hydrogen) atoms. The summed E-state index contributed by atoms with van der Waals surface area (Å²) in [6.07, 6.45) is 2.75. The lowest BCUT2D eigenvalue weighted by Crippen LogP contribution is -2.44. The van der Waals surface area contributed by atoms with Crippen LogP contribution >= 0.6 is 0 Å². The van der Waals surface area contributed by atoms with E-state index < -0.39 is 0 Å². The van der Waals surface area contributed by atoms with Crippen molar-refractivity contribution >= 4 is 11.8 Å². The van der Waals surface area contributed by atoms with Gasteiger partial charge in [-0.1, -0.05) is 19.1 Å². The van der Waals surface area contributed by atoms with E-state index in [9.17, 15) is 9.59 Å². The molecule has 1 unspecified atom stereocenters. The maximum Gasteiger partial charge on any atom is 0.232 e. The van der Waals surface area contributed by atoms with E-state index in [1.807, 2.05) is 49.5 Å². The fourth-order valence-corrected chi connectivity index (χ4v) is 3.38. The third-order valence-corrected chi connectivity index (χ3v) is 4.65. The van der Waals surface area contributed by atoms with Crippen LogP contribution in [0.15, 0.2) is 42.6 Å². The van der Waals surface area contributed by atoms with Crippen LogP contribution in [-0.2, 0) is 16.1 Å². The minimum absolute atomic E-state index is 0.124. The number of hydrogen-bond acceptors (Lipinski definition) is 3. The summed E-state index contributed by atoms with van der Waals surface area (Å²) in [6, 6.07) is 11.5. The molecule has 2 amide bonds. The number of nitrogens with zero attached hydrogens (tertiary/aromatic N) is 2. The average Bonchev–Trinajstić information content (AvgIpc) is 3.14. The van der Waals surface area contributed by atoms with Crippen LogP contribution in [0.1, 0.15) is 37.1 Å². The topological polar surface area (TPSA) is 63.6 Å². The van der Waals surface area contributed by atoms with Gasteiger partial charge >= 0.3 is 0 Å². The summed E-state index contributed by atoms with van der Waals surface area (Å²) in [5.74, 6) is 0.375. The number of aromatic nitrogens is 1. The van der Waals surface area contributed by atoms with Gasteiger partial charge in [0.15, 0.2) is 0 Å². The third-order valence-electron chi connectivity index (χ3n) is 4.65. The molecule has 2 heterocycles. The predicted octanol–water partition coefficient (Wildman–Crippen LogP) is 2.34. The zero-order valence-electron chi connectivity index (χ0n) is 15.3. The number of carbonyl (C=O) groups excluding carboxylic acids is 2. The first-order valence-corrected chi connectivity index (χ1v) is 8.99. The van der Waals surface area contributed by atoms with Crippen molar-refractivity contribution in [2.75, 3.05) is 20.2 Å². The minimum Gasteiger partial charge on any atom is -0.497 e. The van der Waals surface area contributed by atoms with E-state index in [1.165, 1.54) is 0 Å². The highest BCUT2D eigenvalue weighted by atomic mass is 16.5. The van der Waals surface area contributed by atoms with Crippen molar-refractivity contribution in [1.29, 1.82) is 0 Å². The Morgan fingerprint density at radius 1 is 1.23 bits per heavy atom. The van der Waals surface area contributed by atoms with Crippen molar-refractivity contribution in [3.8, 4) is 5.75 Å². The lowest BCUT2D eigenvalue weighted by molar-refractivity contribution is -0.138. The van der Waals surface area contributed by atoms with Crippen molar-refractivity contribution in [3.63, 3.8) is 0 Å². The highest BCUT2D eigenvalue weighted by molar-refractivity contribution is 5.97. The summed E-state index contributed by atoms with van der Waals surface area (Å²) in [5, 5.41) is 2.78. The fraction of sp³-hybridized carbons (Fsp3) is 0.400. The Balaban J connectivity index is 1.88. The number of hydrogen-bond donors (Lipinski definition) is 1. The molecule has 2 aromatic rings. The standard InChI is InChI=1S/C20H25N3O3/c1-3-9-21-18(24)14-19(25)23-12-11-22-10-5-8-17(22)20(23)15-6-4-7-16(13-15)26-2/h4-8,10,13,20H,3,9,11-12,14H2,1-2H3,(H,21,24). The van der Waals surface area contributed by atoms with Gasteiger partial charge < -0.3 is 19.5 Å². The van der Waals surface area contributed by atoms with Crippen LogP contribution in [0.25, 0.3) is 0 Å². The van der Waals surface area contributed by atoms with Crippen LogP contribution in [0.2, 0.25) is 0 Å². The van der Waals surface area contributed by atoms with Gasteiger partial charge in [0.25, 0.3) is 0 Å². The van der Waals surface area contributed by atoms with E-state index in [2.05, 4.69) is 9.88 Å². The van der Waals surface area contributed by atoms with Crippen molar-refractivity contribution in [3.05, 3.63) is 53.9 Å². The van der Waals surface area contributed by atoms with Gasteiger partial charge in [0, 0.05) is 31.5 Å². The first-order valence-electron chi connectivity index (χ1n) is 8.99. The average molecular weight is 355 g/mol. The van der Waals surface area contributed by atoms with Crippen LogP contribution < -0.4 is 10.1 Å². The van der Waals surface area contributed by atoms with Crippen molar-refractivity contribution in [1.82, 2.24) is 14.8 Å². The summed E-state index contributed by atoms with van der Waals surface area (Å²) in [6.45, 7) is 3.88. The van der Waals surface area contributed by atoms with Gasteiger partial charge in [-0.05, 0) is 36.2 Å². The van der Waals surface area contributed by atoms with Crippen molar-refractivity contribution in [2.45, 2.75) is 32.4 Å². The Bertz CT molecular complexity index is 784. The molecule has 1 aromatic heterocycles. The molecule has 0 saturated carbocycles. The molecule has 1 atom stereocenters. The molecule has 3 rings (SSSR count). The number of fused-ring (bicyclic) bond motifs is 1. The maximum atomic E-state index is 12.9. The number of nitrogens with one attached hydrogen (secondary N) is 1. The molecule has 0 saturated heterocycles. The number of amides is 2. The third kappa shape index (κ3) is 3.74. The van der Waals surface area contributed by atoms with E-state index >= 15 is 0 Å². The molecule has 1 aliphatic heterocycles. The molecular formula is C20H25N3O3. The second-order valence-electron chi connectivity index (χ2n) is 6.42. The largest absolute Gasteiger partial charge is 0.497 e. The fourth-order valence-electron chi connectivity index (χ4n) is 3.38. The molecule has 1 aliphatic rings. The molecule has 1 aromatic carbocycles. The normalized spacial score (nSPS) is 16.1. The van der Waals surface area contributed by atoms with Gasteiger partial charge in [0.2, 0.25) is 11.8 Å². The number of ether oxygens (including phenoxy) is 1. The quantitative estimate of drug-likeness (QED) is 0.809. The van der Waals surface area contributed by atoms with Gasteiger partial charge in [-0.15, -0.1) is 0 Å². The lowest BCUT2D eigenvalue weighted by Gasteiger charge is -2.37. The van der Waals surface area contributed by atoms with Gasteiger partial charge in [-0.2, -0.15) is 0 Å². The molecular weight excluding hydrogens is 330 g/mol. The van der Waals surface area contributed by atoms with E-state index in [4.69, 9.17) is 4.74 Å². The molecule has 0 aliphatic carbocycles. The highest BCUT2D eigenvalue weighted by Gasteiger charge is 2.32. The molecule has 0 fully saturated rings. The van der Waals surface area contributed by atoms with Gasteiger partial charge in [0.05, 0.1) is 13.2 Å². The summed E-state index contributed by atoms with van der Waals surface area (Å²) >= 11 is 0. The van der Waals surface area contributed by atoms with Crippen LogP contribution in [0.4, 0.5) is 0 Å². The molecule has 6 heteroatoms. The second-order valence-corrected chi connectivity index (χ2v) is 6.42. The Kier molecular flexibility index (Phi) is 5.61. The molecule has 1 N–H and O–H groups in total. The van der Waals surface area contributed by atoms with E-state index in [0.29, 0.717) is 13.1 Å². The van der Waals surface area contributed by atoms with Crippen LogP contribution in [0.3, 0.4) is 0 Å². The van der Waals surface area contributed by atoms with E-state index in [0.717, 1.165) is 30.0 Å². The smallest absolute Gasteiger partial charge is 0.232 e. The summed E-state index contributed by atoms with van der Waals surface area (Å²) in [5.41, 5.74) is 2.03. The minimum atomic E-state index is -0.222. The summed E-state index contributed by atoms with van der Waals surface area (Å²) in [4.78, 5) is 26.7. The van der Waals surface area contributed by atoms with Gasteiger partial charge in [-0.25, -0.2) is 0 Å². The Hall–Kier alpha value is -2.76. The van der Waals surface area contributed by atoms with E-state index in [1.54, 1.807) is 12.0 Å². The Labute approximate surface area is 153 Å². The summed E-state index contributed by atoms with van der Waals surface area (Å²) < 4.78 is 7.50. The number of benzene rings is 1. The highest BCUT2D eigenvalue weighted by Crippen LogP contribution is 2.34. The zero-order valence-corrected chi connectivity index (χ0v) is 15.3. The maximum absolute atomic E-state index is 12.9. The van der Waals surface area contributed by atoms with Crippen LogP contribution in [0, 0.1) is 0 Å². The Morgan fingerprint density at radius 2 is 2.08 bits per heavy atom. The van der Waals surface area contributed by atoms with E-state index in [-0.39, 0.29) is 24.3 Å². The Morgan fingerprint density at radius 3 is 2.85 bits per heavy atom. The number of carbonyl (C=O) groups is 2. The van der Waals surface area contributed by atoms with Gasteiger partial charge in [-0.3, -0.25) is 9.59 Å². The molecule has 0 spiro atoms. The first-order chi connectivity index (χ1) is 12.6. The molecule has 0 radical (unpaired) electrons. The van der Waals surface area contributed by atoms with Crippen LogP contribution in [-0.4, -0.2) is 41.5 Å². The van der Waals surface area contributed by atoms with Crippen molar-refractivity contribution in [2.24, 2.45) is 0 Å². The zero-order chi connectivity index (χ0) is 18.5. The van der Waals surface area contributed by atoms with Crippen molar-refractivity contribution < 1.29 is 14.3 Å². The van der Waals surface area contributed by atoms with Gasteiger partial charge in [0.1, 0.15) is 12.2 Å². The molecule has 138 valence electrons. The monoisotopic (exact) mass is 355 g/mol. The summed E-state index contributed by atoms with van der Waals surface area (Å²) in [7, 11) is 1.63. The predicted molar refractivity (Wildman–Crippen MR) is 98.9 cm³/mol. The first kappa shape index (κ1) is 18.0.